The summed E-state index contributed by atoms with van der Waals surface area (Å²) in [5.41, 5.74) is 4.95. The predicted octanol–water partition coefficient (Wildman–Crippen LogP) is 8.53. The Kier molecular flexibility index (Phi) is 10.2. The number of fused-ring (bicyclic) bond motifs is 1. The lowest BCUT2D eigenvalue weighted by Gasteiger charge is -2.36. The maximum Gasteiger partial charge on any atom is 0.162 e. The van der Waals surface area contributed by atoms with Gasteiger partial charge in [0.05, 0.1) is 5.56 Å². The average molecular weight is 667 g/mol. The van der Waals surface area contributed by atoms with Crippen LogP contribution in [0.1, 0.15) is 45.6 Å². The van der Waals surface area contributed by atoms with E-state index in [0.717, 1.165) is 22.3 Å². The van der Waals surface area contributed by atoms with E-state index in [0.29, 0.717) is 59.7 Å². The summed E-state index contributed by atoms with van der Waals surface area (Å²) in [4.78, 5) is 0. The molecule has 7 heteroatoms. The van der Waals surface area contributed by atoms with Gasteiger partial charge in [0.15, 0.2) is 17.6 Å². The minimum Gasteiger partial charge on any atom is -0.489 e. The van der Waals surface area contributed by atoms with Crippen LogP contribution < -0.4 is 23.7 Å². The molecule has 1 aliphatic rings. The number of aliphatic hydroxyl groups excluding tert-OH is 2. The van der Waals surface area contributed by atoms with Crippen LogP contribution in [0.2, 0.25) is 0 Å². The van der Waals surface area contributed by atoms with E-state index in [1.54, 1.807) is 18.2 Å². The van der Waals surface area contributed by atoms with Crippen molar-refractivity contribution in [3.8, 4) is 28.7 Å². The highest BCUT2D eigenvalue weighted by Gasteiger charge is 2.40. The lowest BCUT2D eigenvalue weighted by molar-refractivity contribution is -0.0714. The van der Waals surface area contributed by atoms with Crippen LogP contribution in [0.5, 0.6) is 28.7 Å². The van der Waals surface area contributed by atoms with Crippen molar-refractivity contribution < 1.29 is 33.9 Å². The summed E-state index contributed by atoms with van der Waals surface area (Å²) in [6.07, 6.45) is -3.54. The normalized spacial score (nSPS) is 16.5. The number of hydrogen-bond donors (Lipinski definition) is 2. The standard InChI is InChI=1S/C43H38O7/c44-41-40-38(49-29-33-19-11-4-12-20-33)24-35(46-26-30-13-5-1-6-14-30)25-39(40)50-43(42(41)45)34-21-22-36(47-27-31-15-7-2-8-16-31)37(23-34)48-28-32-17-9-3-10-18-32/h1-25,41-45H,26-29H2/t41-,42-,43+/m0/s1. The van der Waals surface area contributed by atoms with Crippen LogP contribution in [0, 0.1) is 0 Å². The van der Waals surface area contributed by atoms with Gasteiger partial charge in [-0.15, -0.1) is 0 Å². The monoisotopic (exact) mass is 666 g/mol. The van der Waals surface area contributed by atoms with Crippen LogP contribution in [0.25, 0.3) is 0 Å². The van der Waals surface area contributed by atoms with Crippen molar-refractivity contribution in [1.29, 1.82) is 0 Å². The molecule has 1 heterocycles. The fourth-order valence-corrected chi connectivity index (χ4v) is 5.86. The summed E-state index contributed by atoms with van der Waals surface area (Å²) < 4.78 is 31.4. The molecular weight excluding hydrogens is 628 g/mol. The van der Waals surface area contributed by atoms with E-state index >= 15 is 0 Å². The van der Waals surface area contributed by atoms with Crippen molar-refractivity contribution in [2.24, 2.45) is 0 Å². The van der Waals surface area contributed by atoms with E-state index in [-0.39, 0.29) is 6.61 Å². The van der Waals surface area contributed by atoms with Gasteiger partial charge in [-0.3, -0.25) is 0 Å². The van der Waals surface area contributed by atoms with Gasteiger partial charge in [-0.25, -0.2) is 0 Å². The van der Waals surface area contributed by atoms with E-state index < -0.39 is 18.3 Å². The first kappa shape index (κ1) is 32.8. The van der Waals surface area contributed by atoms with E-state index in [1.807, 2.05) is 133 Å². The van der Waals surface area contributed by atoms with E-state index in [1.165, 1.54) is 0 Å². The maximum atomic E-state index is 11.6. The highest BCUT2D eigenvalue weighted by molar-refractivity contribution is 5.55. The molecule has 0 amide bonds. The third kappa shape index (κ3) is 7.92. The van der Waals surface area contributed by atoms with Crippen LogP contribution in [-0.4, -0.2) is 16.3 Å². The van der Waals surface area contributed by atoms with Gasteiger partial charge < -0.3 is 33.9 Å². The fourth-order valence-electron chi connectivity index (χ4n) is 5.86. The van der Waals surface area contributed by atoms with Gasteiger partial charge in [-0.1, -0.05) is 127 Å². The Morgan fingerprint density at radius 3 is 1.44 bits per heavy atom. The lowest BCUT2D eigenvalue weighted by Crippen LogP contribution is -2.34. The summed E-state index contributed by atoms with van der Waals surface area (Å²) in [6.45, 7) is 1.26. The van der Waals surface area contributed by atoms with Gasteiger partial charge in [0.1, 0.15) is 55.9 Å². The topological polar surface area (TPSA) is 86.6 Å². The smallest absolute Gasteiger partial charge is 0.162 e. The lowest BCUT2D eigenvalue weighted by atomic mass is 9.91. The van der Waals surface area contributed by atoms with Crippen molar-refractivity contribution in [3.63, 3.8) is 0 Å². The number of benzene rings is 6. The second-order valence-corrected chi connectivity index (χ2v) is 12.1. The molecule has 0 spiro atoms. The van der Waals surface area contributed by atoms with Crippen molar-refractivity contribution in [1.82, 2.24) is 0 Å². The Balaban J connectivity index is 1.19. The van der Waals surface area contributed by atoms with E-state index in [9.17, 15) is 10.2 Å². The molecule has 0 bridgehead atoms. The van der Waals surface area contributed by atoms with E-state index in [2.05, 4.69) is 0 Å². The van der Waals surface area contributed by atoms with Crippen LogP contribution in [0.15, 0.2) is 152 Å². The number of ether oxygens (including phenoxy) is 5. The zero-order valence-electron chi connectivity index (χ0n) is 27.4. The molecule has 50 heavy (non-hydrogen) atoms. The second-order valence-electron chi connectivity index (χ2n) is 12.1. The molecule has 7 rings (SSSR count). The molecule has 0 fully saturated rings. The SMILES string of the molecule is O[C@@H]1[C@@H](c2ccc(OCc3ccccc3)c(OCc3ccccc3)c2)Oc2cc(OCc3ccccc3)cc(OCc3ccccc3)c2[C@@H]1O. The highest BCUT2D eigenvalue weighted by atomic mass is 16.5. The summed E-state index contributed by atoms with van der Waals surface area (Å²) in [5.74, 6) is 2.28. The van der Waals surface area contributed by atoms with Crippen molar-refractivity contribution >= 4 is 0 Å². The molecule has 0 saturated carbocycles. The van der Waals surface area contributed by atoms with Crippen LogP contribution in [0.3, 0.4) is 0 Å². The molecule has 6 aromatic rings. The van der Waals surface area contributed by atoms with Crippen LogP contribution >= 0.6 is 0 Å². The summed E-state index contributed by atoms with van der Waals surface area (Å²) >= 11 is 0. The van der Waals surface area contributed by atoms with Crippen LogP contribution in [0.4, 0.5) is 0 Å². The molecule has 252 valence electrons. The Labute approximate surface area is 291 Å². The Hall–Kier alpha value is -5.76. The third-order valence-corrected chi connectivity index (χ3v) is 8.52. The molecule has 0 aliphatic carbocycles. The minimum absolute atomic E-state index is 0.258. The maximum absolute atomic E-state index is 11.6. The quantitative estimate of drug-likeness (QED) is 0.128. The molecule has 7 nitrogen and oxygen atoms in total. The summed E-state index contributed by atoms with van der Waals surface area (Å²) in [5, 5.41) is 23.2. The van der Waals surface area contributed by atoms with E-state index in [4.69, 9.17) is 23.7 Å². The predicted molar refractivity (Wildman–Crippen MR) is 190 cm³/mol. The number of hydrogen-bond acceptors (Lipinski definition) is 7. The van der Waals surface area contributed by atoms with Crippen molar-refractivity contribution in [2.75, 3.05) is 0 Å². The Morgan fingerprint density at radius 2 is 0.920 bits per heavy atom. The average Bonchev–Trinajstić information content (AvgIpc) is 3.17. The van der Waals surface area contributed by atoms with Gasteiger partial charge in [0, 0.05) is 12.1 Å². The molecule has 0 aromatic heterocycles. The third-order valence-electron chi connectivity index (χ3n) is 8.52. The molecule has 1 aliphatic heterocycles. The molecule has 0 saturated heterocycles. The Morgan fingerprint density at radius 1 is 0.460 bits per heavy atom. The number of rotatable bonds is 13. The second kappa shape index (κ2) is 15.6. The first-order valence-corrected chi connectivity index (χ1v) is 16.6. The summed E-state index contributed by atoms with van der Waals surface area (Å²) in [6, 6.07) is 48.3. The first-order valence-electron chi connectivity index (χ1n) is 16.6. The molecule has 2 N–H and O–H groups in total. The highest BCUT2D eigenvalue weighted by Crippen LogP contribution is 2.48. The fraction of sp³-hybridized carbons (Fsp3) is 0.163. The zero-order valence-corrected chi connectivity index (χ0v) is 27.4. The number of aliphatic hydroxyl groups is 2. The molecular formula is C43H38O7. The van der Waals surface area contributed by atoms with Gasteiger partial charge in [0.25, 0.3) is 0 Å². The van der Waals surface area contributed by atoms with Crippen molar-refractivity contribution in [3.05, 3.63) is 185 Å². The van der Waals surface area contributed by atoms with Gasteiger partial charge >= 0.3 is 0 Å². The molecule has 0 radical (unpaired) electrons. The van der Waals surface area contributed by atoms with Gasteiger partial charge in [-0.2, -0.15) is 0 Å². The van der Waals surface area contributed by atoms with Crippen LogP contribution in [-0.2, 0) is 26.4 Å². The molecule has 0 unspecified atom stereocenters. The van der Waals surface area contributed by atoms with Crippen molar-refractivity contribution in [2.45, 2.75) is 44.7 Å². The van der Waals surface area contributed by atoms with Gasteiger partial charge in [-0.05, 0) is 39.9 Å². The summed E-state index contributed by atoms with van der Waals surface area (Å²) in [7, 11) is 0. The molecule has 3 atom stereocenters. The first-order chi connectivity index (χ1) is 24.6. The zero-order chi connectivity index (χ0) is 34.1. The van der Waals surface area contributed by atoms with Gasteiger partial charge in [0.2, 0.25) is 0 Å². The molecule has 6 aromatic carbocycles. The Bertz CT molecular complexity index is 1970. The minimum atomic E-state index is -1.31. The largest absolute Gasteiger partial charge is 0.489 e.